The van der Waals surface area contributed by atoms with Crippen LogP contribution in [0.1, 0.15) is 30.9 Å². The van der Waals surface area contributed by atoms with Gasteiger partial charge in [0.2, 0.25) is 0 Å². The topological polar surface area (TPSA) is 61.3 Å². The van der Waals surface area contributed by atoms with Gasteiger partial charge in [0.05, 0.1) is 5.69 Å². The van der Waals surface area contributed by atoms with Crippen molar-refractivity contribution in [2.24, 2.45) is 0 Å². The van der Waals surface area contributed by atoms with E-state index in [2.05, 4.69) is 40.5 Å². The highest BCUT2D eigenvalue weighted by Gasteiger charge is 2.17. The van der Waals surface area contributed by atoms with E-state index in [9.17, 15) is 5.11 Å². The summed E-state index contributed by atoms with van der Waals surface area (Å²) in [6.45, 7) is 6.27. The van der Waals surface area contributed by atoms with Gasteiger partial charge in [-0.3, -0.25) is 0 Å². The first-order chi connectivity index (χ1) is 11.6. The van der Waals surface area contributed by atoms with Crippen molar-refractivity contribution in [1.82, 2.24) is 15.1 Å². The molecule has 1 saturated heterocycles. The lowest BCUT2D eigenvalue weighted by atomic mass is 10.00. The molecule has 2 aromatic rings. The number of aryl methyl sites for hydroxylation is 2. The quantitative estimate of drug-likeness (QED) is 0.903. The molecule has 0 radical (unpaired) electrons. The van der Waals surface area contributed by atoms with Gasteiger partial charge in [-0.25, -0.2) is 0 Å². The zero-order valence-corrected chi connectivity index (χ0v) is 14.7. The number of piperidine rings is 1. The molecule has 1 aromatic heterocycles. The first-order valence-electron chi connectivity index (χ1n) is 8.68. The van der Waals surface area contributed by atoms with Crippen molar-refractivity contribution in [2.45, 2.75) is 39.2 Å². The molecule has 1 fully saturated rings. The van der Waals surface area contributed by atoms with Crippen molar-refractivity contribution >= 4 is 5.82 Å². The highest BCUT2D eigenvalue weighted by Crippen LogP contribution is 2.32. The molecule has 1 aromatic carbocycles. The van der Waals surface area contributed by atoms with Gasteiger partial charge in [-0.15, -0.1) is 10.2 Å². The summed E-state index contributed by atoms with van der Waals surface area (Å²) in [7, 11) is 2.15. The third-order valence-corrected chi connectivity index (χ3v) is 4.68. The summed E-state index contributed by atoms with van der Waals surface area (Å²) in [6, 6.07) is 8.20. The average molecular weight is 326 g/mol. The molecule has 0 saturated carbocycles. The molecular weight excluding hydrogens is 300 g/mol. The third kappa shape index (κ3) is 3.67. The Labute approximate surface area is 143 Å². The summed E-state index contributed by atoms with van der Waals surface area (Å²) in [5, 5.41) is 22.4. The number of hydrogen-bond acceptors (Lipinski definition) is 5. The number of nitrogens with one attached hydrogen (secondary N) is 1. The second kappa shape index (κ2) is 7.18. The van der Waals surface area contributed by atoms with Crippen LogP contribution < -0.4 is 5.32 Å². The summed E-state index contributed by atoms with van der Waals surface area (Å²) in [5.41, 5.74) is 3.62. The Morgan fingerprint density at radius 3 is 2.75 bits per heavy atom. The minimum Gasteiger partial charge on any atom is -0.507 e. The maximum absolute atomic E-state index is 10.3. The Hall–Kier alpha value is -2.14. The molecule has 24 heavy (non-hydrogen) atoms. The summed E-state index contributed by atoms with van der Waals surface area (Å²) in [6.07, 6.45) is 3.27. The van der Waals surface area contributed by atoms with E-state index in [1.54, 1.807) is 0 Å². The van der Waals surface area contributed by atoms with E-state index in [4.69, 9.17) is 0 Å². The SMILES string of the molecule is CCc1cc(C)c(-c2ccc(N[C@@H]3CCCN(C)C3)nn2)c(O)c1. The van der Waals surface area contributed by atoms with Crippen LogP contribution in [0.15, 0.2) is 24.3 Å². The zero-order valence-electron chi connectivity index (χ0n) is 14.7. The fraction of sp³-hybridized carbons (Fsp3) is 0.474. The van der Waals surface area contributed by atoms with Gasteiger partial charge in [-0.2, -0.15) is 0 Å². The maximum Gasteiger partial charge on any atom is 0.148 e. The van der Waals surface area contributed by atoms with Gasteiger partial charge in [0.15, 0.2) is 0 Å². The van der Waals surface area contributed by atoms with E-state index in [0.717, 1.165) is 48.4 Å². The lowest BCUT2D eigenvalue weighted by molar-refractivity contribution is 0.260. The number of nitrogens with zero attached hydrogens (tertiary/aromatic N) is 3. The van der Waals surface area contributed by atoms with Gasteiger partial charge in [0.25, 0.3) is 0 Å². The highest BCUT2D eigenvalue weighted by molar-refractivity contribution is 5.71. The molecule has 5 heteroatoms. The van der Waals surface area contributed by atoms with Crippen molar-refractivity contribution < 1.29 is 5.11 Å². The fourth-order valence-corrected chi connectivity index (χ4v) is 3.42. The van der Waals surface area contributed by atoms with Crippen LogP contribution >= 0.6 is 0 Å². The van der Waals surface area contributed by atoms with Crippen LogP contribution in [0.4, 0.5) is 5.82 Å². The van der Waals surface area contributed by atoms with Gasteiger partial charge in [-0.05, 0) is 69.1 Å². The van der Waals surface area contributed by atoms with Gasteiger partial charge in [0.1, 0.15) is 11.6 Å². The smallest absolute Gasteiger partial charge is 0.148 e. The molecule has 0 spiro atoms. The van der Waals surface area contributed by atoms with Crippen molar-refractivity contribution in [1.29, 1.82) is 0 Å². The van der Waals surface area contributed by atoms with E-state index in [1.807, 2.05) is 25.1 Å². The molecule has 5 nitrogen and oxygen atoms in total. The zero-order chi connectivity index (χ0) is 17.1. The Balaban J connectivity index is 1.77. The number of aromatic nitrogens is 2. The molecular formula is C19H26N4O. The molecule has 0 amide bonds. The van der Waals surface area contributed by atoms with Gasteiger partial charge < -0.3 is 15.3 Å². The van der Waals surface area contributed by atoms with E-state index in [-0.39, 0.29) is 5.75 Å². The minimum atomic E-state index is 0.274. The maximum atomic E-state index is 10.3. The van der Waals surface area contributed by atoms with E-state index in [0.29, 0.717) is 11.7 Å². The van der Waals surface area contributed by atoms with Crippen LogP contribution in [0.25, 0.3) is 11.3 Å². The number of phenols is 1. The number of rotatable bonds is 4. The van der Waals surface area contributed by atoms with Crippen LogP contribution in [0, 0.1) is 6.92 Å². The van der Waals surface area contributed by atoms with Crippen LogP contribution in [0.2, 0.25) is 0 Å². The lowest BCUT2D eigenvalue weighted by Crippen LogP contribution is -2.39. The van der Waals surface area contributed by atoms with Crippen LogP contribution in [0.3, 0.4) is 0 Å². The normalized spacial score (nSPS) is 18.5. The van der Waals surface area contributed by atoms with Crippen LogP contribution in [0.5, 0.6) is 5.75 Å². The highest BCUT2D eigenvalue weighted by atomic mass is 16.3. The van der Waals surface area contributed by atoms with Crippen molar-refractivity contribution in [3.63, 3.8) is 0 Å². The van der Waals surface area contributed by atoms with E-state index in [1.165, 1.54) is 6.42 Å². The van der Waals surface area contributed by atoms with Gasteiger partial charge >= 0.3 is 0 Å². The Bertz CT molecular complexity index is 676. The largest absolute Gasteiger partial charge is 0.507 e. The molecule has 128 valence electrons. The molecule has 0 bridgehead atoms. The molecule has 2 N–H and O–H groups in total. The van der Waals surface area contributed by atoms with Crippen molar-refractivity contribution in [2.75, 3.05) is 25.5 Å². The fourth-order valence-electron chi connectivity index (χ4n) is 3.42. The number of benzene rings is 1. The Morgan fingerprint density at radius 2 is 2.12 bits per heavy atom. The van der Waals surface area contributed by atoms with E-state index < -0.39 is 0 Å². The Morgan fingerprint density at radius 1 is 1.29 bits per heavy atom. The summed E-state index contributed by atoms with van der Waals surface area (Å²) < 4.78 is 0. The molecule has 0 aliphatic carbocycles. The number of likely N-dealkylation sites (N-methyl/N-ethyl adjacent to an activating group) is 1. The van der Waals surface area contributed by atoms with Gasteiger partial charge in [-0.1, -0.05) is 13.0 Å². The number of anilines is 1. The first kappa shape index (κ1) is 16.7. The molecule has 2 heterocycles. The Kier molecular flexibility index (Phi) is 5.00. The summed E-state index contributed by atoms with van der Waals surface area (Å²) in [5.74, 6) is 1.07. The second-order valence-corrected chi connectivity index (χ2v) is 6.71. The molecule has 1 atom stereocenters. The van der Waals surface area contributed by atoms with Crippen molar-refractivity contribution in [3.8, 4) is 17.0 Å². The summed E-state index contributed by atoms with van der Waals surface area (Å²) in [4.78, 5) is 2.33. The standard InChI is InChI=1S/C19H26N4O/c1-4-14-10-13(2)19(17(24)11-14)16-7-8-18(22-21-16)20-15-6-5-9-23(3)12-15/h7-8,10-11,15,24H,4-6,9,12H2,1-3H3,(H,20,22)/t15-/m1/s1. The number of phenolic OH excluding ortho intramolecular Hbond substituents is 1. The molecule has 1 aliphatic heterocycles. The molecule has 1 aliphatic rings. The van der Waals surface area contributed by atoms with Gasteiger partial charge in [0, 0.05) is 18.2 Å². The van der Waals surface area contributed by atoms with Crippen LogP contribution in [-0.2, 0) is 6.42 Å². The summed E-state index contributed by atoms with van der Waals surface area (Å²) >= 11 is 0. The minimum absolute atomic E-state index is 0.274. The number of likely N-dealkylation sites (tertiary alicyclic amines) is 1. The molecule has 0 unspecified atom stereocenters. The predicted molar refractivity (Wildman–Crippen MR) is 97.4 cm³/mol. The number of aromatic hydroxyl groups is 1. The molecule has 3 rings (SSSR count). The van der Waals surface area contributed by atoms with Crippen molar-refractivity contribution in [3.05, 3.63) is 35.4 Å². The average Bonchev–Trinajstić information content (AvgIpc) is 2.55. The first-order valence-corrected chi connectivity index (χ1v) is 8.68. The van der Waals surface area contributed by atoms with E-state index >= 15 is 0 Å². The van der Waals surface area contributed by atoms with Crippen LogP contribution in [-0.4, -0.2) is 46.4 Å². The predicted octanol–water partition coefficient (Wildman–Crippen LogP) is 3.23. The third-order valence-electron chi connectivity index (χ3n) is 4.68. The lowest BCUT2D eigenvalue weighted by Gasteiger charge is -2.30. The monoisotopic (exact) mass is 326 g/mol. The second-order valence-electron chi connectivity index (χ2n) is 6.71. The number of hydrogen-bond donors (Lipinski definition) is 2.